The Labute approximate surface area is 180 Å². The molecule has 0 spiro atoms. The number of fused-ring (bicyclic) bond motifs is 1. The molecule has 2 unspecified atom stereocenters. The van der Waals surface area contributed by atoms with Crippen molar-refractivity contribution in [2.45, 2.75) is 37.8 Å². The van der Waals surface area contributed by atoms with Gasteiger partial charge < -0.3 is 15.1 Å². The first-order valence-electron chi connectivity index (χ1n) is 10.5. The SMILES string of the molecule is CNC1CCC(C(=O)N[C@H](C#N)Cc2ccc(-c3ccc4oc(=O)n(C)c4c3)cc2)C1. The lowest BCUT2D eigenvalue weighted by molar-refractivity contribution is -0.125. The number of carbonyl (C=O) groups excluding carboxylic acids is 1. The average Bonchev–Trinajstić information content (AvgIpc) is 3.38. The van der Waals surface area contributed by atoms with E-state index < -0.39 is 6.04 Å². The molecule has 3 aromatic rings. The van der Waals surface area contributed by atoms with E-state index in [-0.39, 0.29) is 17.6 Å². The highest BCUT2D eigenvalue weighted by Gasteiger charge is 2.30. The first-order chi connectivity index (χ1) is 15.0. The van der Waals surface area contributed by atoms with Crippen molar-refractivity contribution in [1.82, 2.24) is 15.2 Å². The molecule has 1 heterocycles. The minimum absolute atomic E-state index is 0.0236. The molecule has 3 atom stereocenters. The smallest absolute Gasteiger partial charge is 0.408 e. The van der Waals surface area contributed by atoms with Crippen LogP contribution in [0.4, 0.5) is 0 Å². The zero-order valence-electron chi connectivity index (χ0n) is 17.7. The van der Waals surface area contributed by atoms with Crippen LogP contribution in [0.25, 0.3) is 22.2 Å². The van der Waals surface area contributed by atoms with E-state index in [1.165, 1.54) is 4.57 Å². The average molecular weight is 418 g/mol. The fourth-order valence-electron chi connectivity index (χ4n) is 4.28. The summed E-state index contributed by atoms with van der Waals surface area (Å²) < 4.78 is 6.67. The number of rotatable bonds is 6. The molecule has 0 saturated heterocycles. The Morgan fingerprint density at radius 2 is 1.97 bits per heavy atom. The Morgan fingerprint density at radius 3 is 2.65 bits per heavy atom. The Morgan fingerprint density at radius 1 is 1.23 bits per heavy atom. The third kappa shape index (κ3) is 4.39. The zero-order valence-corrected chi connectivity index (χ0v) is 17.7. The lowest BCUT2D eigenvalue weighted by Gasteiger charge is -2.16. The molecule has 7 heteroatoms. The molecular weight excluding hydrogens is 392 g/mol. The van der Waals surface area contributed by atoms with E-state index in [0.717, 1.165) is 41.5 Å². The van der Waals surface area contributed by atoms with Crippen LogP contribution in [0.5, 0.6) is 0 Å². The molecule has 1 amide bonds. The highest BCUT2D eigenvalue weighted by molar-refractivity contribution is 5.81. The van der Waals surface area contributed by atoms with Gasteiger partial charge >= 0.3 is 5.76 Å². The van der Waals surface area contributed by atoms with Crippen LogP contribution in [0.15, 0.2) is 51.7 Å². The summed E-state index contributed by atoms with van der Waals surface area (Å²) in [6.07, 6.45) is 3.13. The van der Waals surface area contributed by atoms with Gasteiger partial charge in [-0.05, 0) is 55.1 Å². The summed E-state index contributed by atoms with van der Waals surface area (Å²) in [6, 6.07) is 15.6. The molecule has 4 rings (SSSR count). The number of nitrogens with zero attached hydrogens (tertiary/aromatic N) is 2. The van der Waals surface area contributed by atoms with Gasteiger partial charge in [0.1, 0.15) is 6.04 Å². The third-order valence-corrected chi connectivity index (χ3v) is 6.20. The summed E-state index contributed by atoms with van der Waals surface area (Å²) in [7, 11) is 3.60. The molecule has 0 radical (unpaired) electrons. The second-order valence-corrected chi connectivity index (χ2v) is 8.20. The van der Waals surface area contributed by atoms with Gasteiger partial charge in [0.2, 0.25) is 5.91 Å². The largest absolute Gasteiger partial charge is 0.419 e. The molecule has 0 aliphatic heterocycles. The van der Waals surface area contributed by atoms with E-state index in [9.17, 15) is 14.9 Å². The number of nitriles is 1. The summed E-state index contributed by atoms with van der Waals surface area (Å²) in [6.45, 7) is 0. The standard InChI is InChI=1S/C24H26N4O3/c1-26-19-9-7-18(12-19)23(29)27-20(14-25)11-15-3-5-16(6-4-15)17-8-10-22-21(13-17)28(2)24(30)31-22/h3-6,8,10,13,18-20,26H,7,9,11-12H2,1-2H3,(H,27,29)/t18?,19?,20-/m0/s1. The minimum Gasteiger partial charge on any atom is -0.408 e. The Hall–Kier alpha value is -3.37. The van der Waals surface area contributed by atoms with Crippen molar-refractivity contribution >= 4 is 17.0 Å². The number of oxazole rings is 1. The molecule has 1 aromatic heterocycles. The monoisotopic (exact) mass is 418 g/mol. The molecule has 1 aliphatic carbocycles. The first-order valence-corrected chi connectivity index (χ1v) is 10.5. The fraction of sp³-hybridized carbons (Fsp3) is 0.375. The minimum atomic E-state index is -0.552. The Bertz CT molecular complexity index is 1190. The van der Waals surface area contributed by atoms with Crippen LogP contribution in [-0.2, 0) is 18.3 Å². The van der Waals surface area contributed by atoms with Crippen molar-refractivity contribution in [2.24, 2.45) is 13.0 Å². The van der Waals surface area contributed by atoms with Crippen molar-refractivity contribution in [3.63, 3.8) is 0 Å². The van der Waals surface area contributed by atoms with Gasteiger partial charge in [0.05, 0.1) is 11.6 Å². The highest BCUT2D eigenvalue weighted by atomic mass is 16.4. The molecule has 1 aliphatic rings. The maximum absolute atomic E-state index is 12.5. The maximum atomic E-state index is 12.5. The van der Waals surface area contributed by atoms with Crippen molar-refractivity contribution in [2.75, 3.05) is 7.05 Å². The van der Waals surface area contributed by atoms with Gasteiger partial charge in [0.25, 0.3) is 0 Å². The summed E-state index contributed by atoms with van der Waals surface area (Å²) in [4.78, 5) is 24.2. The lowest BCUT2D eigenvalue weighted by Crippen LogP contribution is -2.39. The maximum Gasteiger partial charge on any atom is 0.419 e. The first kappa shape index (κ1) is 20.9. The van der Waals surface area contributed by atoms with E-state index in [2.05, 4.69) is 16.7 Å². The Balaban J connectivity index is 1.43. The van der Waals surface area contributed by atoms with Crippen molar-refractivity contribution in [1.29, 1.82) is 5.26 Å². The van der Waals surface area contributed by atoms with Crippen LogP contribution in [0.3, 0.4) is 0 Å². The van der Waals surface area contributed by atoms with Crippen LogP contribution in [-0.4, -0.2) is 29.6 Å². The molecule has 0 bridgehead atoms. The zero-order chi connectivity index (χ0) is 22.0. The number of nitrogens with one attached hydrogen (secondary N) is 2. The Kier molecular flexibility index (Phi) is 5.92. The molecule has 31 heavy (non-hydrogen) atoms. The normalized spacial score (nSPS) is 19.3. The van der Waals surface area contributed by atoms with Gasteiger partial charge in [-0.3, -0.25) is 9.36 Å². The van der Waals surface area contributed by atoms with Crippen molar-refractivity contribution < 1.29 is 9.21 Å². The fourth-order valence-corrected chi connectivity index (χ4v) is 4.28. The second-order valence-electron chi connectivity index (χ2n) is 8.20. The van der Waals surface area contributed by atoms with E-state index in [1.807, 2.05) is 43.4 Å². The number of aromatic nitrogens is 1. The summed E-state index contributed by atoms with van der Waals surface area (Å²) in [5.74, 6) is -0.435. The topological polar surface area (TPSA) is 100 Å². The van der Waals surface area contributed by atoms with E-state index >= 15 is 0 Å². The van der Waals surface area contributed by atoms with Crippen molar-refractivity contribution in [3.8, 4) is 17.2 Å². The number of amides is 1. The lowest BCUT2D eigenvalue weighted by atomic mass is 10.00. The number of carbonyl (C=O) groups is 1. The second kappa shape index (κ2) is 8.78. The van der Waals surface area contributed by atoms with Gasteiger partial charge in [-0.15, -0.1) is 0 Å². The van der Waals surface area contributed by atoms with Crippen LogP contribution in [0.1, 0.15) is 24.8 Å². The molecule has 1 saturated carbocycles. The van der Waals surface area contributed by atoms with E-state index in [0.29, 0.717) is 18.0 Å². The summed E-state index contributed by atoms with van der Waals surface area (Å²) >= 11 is 0. The van der Waals surface area contributed by atoms with Gasteiger partial charge in [-0.25, -0.2) is 4.79 Å². The third-order valence-electron chi connectivity index (χ3n) is 6.20. The van der Waals surface area contributed by atoms with Crippen LogP contribution >= 0.6 is 0 Å². The number of aryl methyl sites for hydroxylation is 1. The van der Waals surface area contributed by atoms with Gasteiger partial charge in [-0.1, -0.05) is 30.3 Å². The predicted octanol–water partition coefficient (Wildman–Crippen LogP) is 2.74. The molecule has 1 fully saturated rings. The highest BCUT2D eigenvalue weighted by Crippen LogP contribution is 2.26. The molecule has 7 nitrogen and oxygen atoms in total. The molecule has 2 aromatic carbocycles. The molecule has 160 valence electrons. The molecular formula is C24H26N4O3. The summed E-state index contributed by atoms with van der Waals surface area (Å²) in [5.41, 5.74) is 4.25. The van der Waals surface area contributed by atoms with Crippen LogP contribution < -0.4 is 16.4 Å². The number of benzene rings is 2. The van der Waals surface area contributed by atoms with Crippen LogP contribution in [0.2, 0.25) is 0 Å². The van der Waals surface area contributed by atoms with Gasteiger partial charge in [-0.2, -0.15) is 5.26 Å². The van der Waals surface area contributed by atoms with Crippen LogP contribution in [0, 0.1) is 17.2 Å². The van der Waals surface area contributed by atoms with Gasteiger partial charge in [0, 0.05) is 25.4 Å². The van der Waals surface area contributed by atoms with E-state index in [1.54, 1.807) is 13.1 Å². The summed E-state index contributed by atoms with van der Waals surface area (Å²) in [5, 5.41) is 15.7. The predicted molar refractivity (Wildman–Crippen MR) is 118 cm³/mol. The quantitative estimate of drug-likeness (QED) is 0.641. The van der Waals surface area contributed by atoms with Gasteiger partial charge in [0.15, 0.2) is 5.58 Å². The number of hydrogen-bond acceptors (Lipinski definition) is 5. The van der Waals surface area contributed by atoms with E-state index in [4.69, 9.17) is 4.42 Å². The molecule has 2 N–H and O–H groups in total. The van der Waals surface area contributed by atoms with Crippen molar-refractivity contribution in [3.05, 3.63) is 58.6 Å². The number of hydrogen-bond donors (Lipinski definition) is 2.